The van der Waals surface area contributed by atoms with E-state index in [1.165, 1.54) is 23.0 Å². The topological polar surface area (TPSA) is 137 Å². The Morgan fingerprint density at radius 2 is 2.15 bits per heavy atom. The Labute approximate surface area is 158 Å². The predicted octanol–water partition coefficient (Wildman–Crippen LogP) is 2.99. The van der Waals surface area contributed by atoms with Crippen LogP contribution in [0.5, 0.6) is 0 Å². The van der Waals surface area contributed by atoms with E-state index in [1.807, 2.05) is 0 Å². The summed E-state index contributed by atoms with van der Waals surface area (Å²) >= 11 is 5.80. The van der Waals surface area contributed by atoms with Gasteiger partial charge in [-0.25, -0.2) is 10.1 Å². The molecule has 0 unspecified atom stereocenters. The zero-order chi connectivity index (χ0) is 18.0. The van der Waals surface area contributed by atoms with Crippen molar-refractivity contribution in [3.8, 4) is 11.3 Å². The number of aryl methyl sites for hydroxylation is 1. The largest absolute Gasteiger partial charge is 0.455 e. The molecule has 0 aliphatic heterocycles. The van der Waals surface area contributed by atoms with Gasteiger partial charge < -0.3 is 10.3 Å². The highest BCUT2D eigenvalue weighted by molar-refractivity contribution is 6.32. The van der Waals surface area contributed by atoms with Crippen molar-refractivity contribution >= 4 is 41.9 Å². The second-order valence-electron chi connectivity index (χ2n) is 4.94. The summed E-state index contributed by atoms with van der Waals surface area (Å²) in [5, 5.41) is 22.5. The van der Waals surface area contributed by atoms with Gasteiger partial charge in [0, 0.05) is 11.6 Å². The summed E-state index contributed by atoms with van der Waals surface area (Å²) in [5.41, 5.74) is 2.97. The molecule has 0 spiro atoms. The molecule has 10 nitrogen and oxygen atoms in total. The highest BCUT2D eigenvalue weighted by atomic mass is 35.5. The van der Waals surface area contributed by atoms with Crippen LogP contribution >= 0.6 is 24.0 Å². The van der Waals surface area contributed by atoms with Crippen LogP contribution in [0.2, 0.25) is 5.02 Å². The number of aromatic nitrogens is 3. The molecule has 0 bridgehead atoms. The Bertz CT molecular complexity index is 967. The first-order chi connectivity index (χ1) is 12.0. The lowest BCUT2D eigenvalue weighted by Gasteiger charge is -1.99. The van der Waals surface area contributed by atoms with Crippen LogP contribution in [0.25, 0.3) is 11.3 Å². The molecular formula is C14H13Cl2N7O3. The summed E-state index contributed by atoms with van der Waals surface area (Å²) in [5.74, 6) is 7.36. The zero-order valence-corrected chi connectivity index (χ0v) is 14.9. The van der Waals surface area contributed by atoms with Gasteiger partial charge in [-0.1, -0.05) is 11.6 Å². The Kier molecular flexibility index (Phi) is 5.80. The maximum atomic E-state index is 11.0. The second kappa shape index (κ2) is 7.85. The van der Waals surface area contributed by atoms with Gasteiger partial charge in [0.25, 0.3) is 11.6 Å². The molecule has 2 heterocycles. The van der Waals surface area contributed by atoms with Crippen molar-refractivity contribution in [1.82, 2.24) is 14.9 Å². The third-order valence-corrected chi connectivity index (χ3v) is 3.60. The van der Waals surface area contributed by atoms with E-state index in [0.29, 0.717) is 22.9 Å². The molecule has 0 aliphatic rings. The molecule has 0 fully saturated rings. The molecule has 2 aromatic heterocycles. The quantitative estimate of drug-likeness (QED) is 0.292. The standard InChI is InChI=1S/C14H12ClN7O3.ClH/c1-8-18-20-14(21(8)16)19-17-7-10-3-5-13(25-10)9-2-4-11(15)12(6-9)22(23)24;/h2-7H,16H2,1H3,(H,19,20);1H/b17-7+;. The first-order valence-corrected chi connectivity index (χ1v) is 7.34. The van der Waals surface area contributed by atoms with Gasteiger partial charge in [-0.3, -0.25) is 10.1 Å². The van der Waals surface area contributed by atoms with Gasteiger partial charge in [0.2, 0.25) is 0 Å². The molecule has 12 heteroatoms. The average molecular weight is 398 g/mol. The summed E-state index contributed by atoms with van der Waals surface area (Å²) in [6.07, 6.45) is 1.41. The molecule has 3 N–H and O–H groups in total. The molecule has 0 saturated heterocycles. The van der Waals surface area contributed by atoms with Crippen LogP contribution in [-0.2, 0) is 0 Å². The average Bonchev–Trinajstić information content (AvgIpc) is 3.17. The number of benzene rings is 1. The van der Waals surface area contributed by atoms with E-state index in [-0.39, 0.29) is 29.1 Å². The number of nitrogens with zero attached hydrogens (tertiary/aromatic N) is 5. The number of furan rings is 1. The van der Waals surface area contributed by atoms with E-state index in [2.05, 4.69) is 20.7 Å². The number of hydrazone groups is 1. The number of hydrogen-bond acceptors (Lipinski definition) is 8. The van der Waals surface area contributed by atoms with Crippen molar-refractivity contribution in [2.45, 2.75) is 6.92 Å². The van der Waals surface area contributed by atoms with Gasteiger partial charge in [0.15, 0.2) is 5.82 Å². The minimum absolute atomic E-state index is 0. The van der Waals surface area contributed by atoms with Crippen molar-refractivity contribution in [3.63, 3.8) is 0 Å². The monoisotopic (exact) mass is 397 g/mol. The molecule has 0 aliphatic carbocycles. The normalized spacial score (nSPS) is 10.7. The molecular weight excluding hydrogens is 385 g/mol. The van der Waals surface area contributed by atoms with E-state index in [4.69, 9.17) is 21.9 Å². The molecule has 136 valence electrons. The fraction of sp³-hybridized carbons (Fsp3) is 0.0714. The summed E-state index contributed by atoms with van der Waals surface area (Å²) in [4.78, 5) is 10.4. The highest BCUT2D eigenvalue weighted by Gasteiger charge is 2.15. The maximum Gasteiger partial charge on any atom is 0.288 e. The fourth-order valence-corrected chi connectivity index (χ4v) is 2.17. The van der Waals surface area contributed by atoms with Gasteiger partial charge >= 0.3 is 0 Å². The lowest BCUT2D eigenvalue weighted by Crippen LogP contribution is -2.13. The molecule has 1 aromatic carbocycles. The van der Waals surface area contributed by atoms with Gasteiger partial charge in [-0.15, -0.1) is 22.6 Å². The summed E-state index contributed by atoms with van der Waals surface area (Å²) in [7, 11) is 0. The number of nitro groups is 1. The molecule has 0 atom stereocenters. The van der Waals surface area contributed by atoms with Crippen LogP contribution in [0.15, 0.2) is 39.9 Å². The van der Waals surface area contributed by atoms with Crippen LogP contribution in [0, 0.1) is 17.0 Å². The van der Waals surface area contributed by atoms with Crippen molar-refractivity contribution in [2.24, 2.45) is 5.10 Å². The molecule has 0 amide bonds. The van der Waals surface area contributed by atoms with Gasteiger partial charge in [0.05, 0.1) is 11.1 Å². The minimum Gasteiger partial charge on any atom is -0.455 e. The number of halogens is 2. The highest BCUT2D eigenvalue weighted by Crippen LogP contribution is 2.30. The van der Waals surface area contributed by atoms with Crippen LogP contribution < -0.4 is 11.3 Å². The molecule has 0 saturated carbocycles. The molecule has 0 radical (unpaired) electrons. The SMILES string of the molecule is Cc1nnc(N/N=C/c2ccc(-c3ccc(Cl)c([N+](=O)[O-])c3)o2)n1N.Cl. The van der Waals surface area contributed by atoms with Crippen molar-refractivity contribution in [3.05, 3.63) is 57.1 Å². The number of rotatable bonds is 5. The number of nitrogen functional groups attached to an aromatic ring is 1. The van der Waals surface area contributed by atoms with E-state index in [0.717, 1.165) is 0 Å². The lowest BCUT2D eigenvalue weighted by atomic mass is 10.1. The zero-order valence-electron chi connectivity index (χ0n) is 13.3. The summed E-state index contributed by atoms with van der Waals surface area (Å²) < 4.78 is 6.84. The fourth-order valence-electron chi connectivity index (χ4n) is 1.98. The van der Waals surface area contributed by atoms with Crippen molar-refractivity contribution in [1.29, 1.82) is 0 Å². The van der Waals surface area contributed by atoms with E-state index >= 15 is 0 Å². The van der Waals surface area contributed by atoms with Crippen molar-refractivity contribution < 1.29 is 9.34 Å². The van der Waals surface area contributed by atoms with E-state index in [1.54, 1.807) is 25.1 Å². The van der Waals surface area contributed by atoms with Crippen LogP contribution in [0.1, 0.15) is 11.6 Å². The first-order valence-electron chi connectivity index (χ1n) is 6.96. The Hall–Kier alpha value is -3.11. The summed E-state index contributed by atoms with van der Waals surface area (Å²) in [6.45, 7) is 1.70. The number of anilines is 1. The van der Waals surface area contributed by atoms with Crippen LogP contribution in [0.4, 0.5) is 11.6 Å². The number of nitrogens with one attached hydrogen (secondary N) is 1. The van der Waals surface area contributed by atoms with Gasteiger partial charge in [-0.05, 0) is 31.2 Å². The Morgan fingerprint density at radius 1 is 1.38 bits per heavy atom. The van der Waals surface area contributed by atoms with E-state index in [9.17, 15) is 10.1 Å². The van der Waals surface area contributed by atoms with E-state index < -0.39 is 4.92 Å². The number of nitro benzene ring substituents is 1. The maximum absolute atomic E-state index is 11.0. The third-order valence-electron chi connectivity index (χ3n) is 3.28. The second-order valence-corrected chi connectivity index (χ2v) is 5.34. The lowest BCUT2D eigenvalue weighted by molar-refractivity contribution is -0.384. The molecule has 3 aromatic rings. The molecule has 26 heavy (non-hydrogen) atoms. The number of hydrogen-bond donors (Lipinski definition) is 2. The summed E-state index contributed by atoms with van der Waals surface area (Å²) in [6, 6.07) is 7.76. The van der Waals surface area contributed by atoms with Gasteiger partial charge in [-0.2, -0.15) is 5.10 Å². The Morgan fingerprint density at radius 3 is 2.81 bits per heavy atom. The van der Waals surface area contributed by atoms with Crippen molar-refractivity contribution in [2.75, 3.05) is 11.3 Å². The number of nitrogens with two attached hydrogens (primary N) is 1. The van der Waals surface area contributed by atoms with Gasteiger partial charge in [0.1, 0.15) is 16.5 Å². The predicted molar refractivity (Wildman–Crippen MR) is 99.2 cm³/mol. The third kappa shape index (κ3) is 3.92. The van der Waals surface area contributed by atoms with Crippen LogP contribution in [0.3, 0.4) is 0 Å². The Balaban J connectivity index is 0.00000243. The molecule has 3 rings (SSSR count). The first kappa shape index (κ1) is 19.2. The minimum atomic E-state index is -0.550. The smallest absolute Gasteiger partial charge is 0.288 e. The van der Waals surface area contributed by atoms with Crippen LogP contribution in [-0.4, -0.2) is 26.0 Å².